The summed E-state index contributed by atoms with van der Waals surface area (Å²) in [6, 6.07) is 7.48. The summed E-state index contributed by atoms with van der Waals surface area (Å²) in [7, 11) is 0. The van der Waals surface area contributed by atoms with E-state index in [2.05, 4.69) is 16.0 Å². The van der Waals surface area contributed by atoms with Crippen LogP contribution in [0.25, 0.3) is 0 Å². The standard InChI is InChI=1S/C13H12N2O/c16-11-4-2-8-15-13(11)10-6-5-9-3-1-7-14-12(9)10/h1-4,7-8,10,16H,5-6H2. The Morgan fingerprint density at radius 2 is 1.81 bits per heavy atom. The molecular weight excluding hydrogens is 200 g/mol. The number of aromatic hydroxyl groups is 1. The monoisotopic (exact) mass is 212 g/mol. The van der Waals surface area contributed by atoms with Gasteiger partial charge in [0.1, 0.15) is 5.75 Å². The average Bonchev–Trinajstić information content (AvgIpc) is 2.74. The van der Waals surface area contributed by atoms with Gasteiger partial charge in [0, 0.05) is 18.3 Å². The molecule has 0 saturated heterocycles. The summed E-state index contributed by atoms with van der Waals surface area (Å²) in [5.74, 6) is 0.420. The molecule has 80 valence electrons. The number of aryl methyl sites for hydroxylation is 1. The van der Waals surface area contributed by atoms with Crippen LogP contribution in [0.15, 0.2) is 36.7 Å². The zero-order valence-corrected chi connectivity index (χ0v) is 8.80. The normalized spacial score (nSPS) is 18.4. The Kier molecular flexibility index (Phi) is 2.10. The average molecular weight is 212 g/mol. The van der Waals surface area contributed by atoms with Crippen molar-refractivity contribution < 1.29 is 5.11 Å². The Hall–Kier alpha value is -1.90. The number of fused-ring (bicyclic) bond motifs is 1. The first-order valence-electron chi connectivity index (χ1n) is 5.44. The summed E-state index contributed by atoms with van der Waals surface area (Å²) in [5, 5.41) is 9.81. The molecule has 0 radical (unpaired) electrons. The van der Waals surface area contributed by atoms with Gasteiger partial charge < -0.3 is 5.11 Å². The minimum absolute atomic E-state index is 0.150. The van der Waals surface area contributed by atoms with Gasteiger partial charge in [0.2, 0.25) is 0 Å². The molecule has 3 nitrogen and oxygen atoms in total. The molecule has 1 aliphatic carbocycles. The second-order valence-electron chi connectivity index (χ2n) is 4.05. The fraction of sp³-hybridized carbons (Fsp3) is 0.231. The smallest absolute Gasteiger partial charge is 0.137 e. The molecule has 1 unspecified atom stereocenters. The molecule has 0 saturated carbocycles. The van der Waals surface area contributed by atoms with E-state index in [0.717, 1.165) is 24.2 Å². The lowest BCUT2D eigenvalue weighted by Gasteiger charge is -2.10. The lowest BCUT2D eigenvalue weighted by Crippen LogP contribution is -2.01. The summed E-state index contributed by atoms with van der Waals surface area (Å²) in [6.07, 6.45) is 5.52. The Balaban J connectivity index is 2.08. The van der Waals surface area contributed by atoms with Gasteiger partial charge in [-0.3, -0.25) is 9.97 Å². The SMILES string of the molecule is Oc1cccnc1C1CCc2cccnc21. The molecule has 0 amide bonds. The molecule has 0 aromatic carbocycles. The predicted molar refractivity (Wildman–Crippen MR) is 60.3 cm³/mol. The van der Waals surface area contributed by atoms with E-state index >= 15 is 0 Å². The van der Waals surface area contributed by atoms with Crippen molar-refractivity contribution in [3.63, 3.8) is 0 Å². The van der Waals surface area contributed by atoms with Crippen LogP contribution in [0, 0.1) is 0 Å². The van der Waals surface area contributed by atoms with Gasteiger partial charge in [0.15, 0.2) is 0 Å². The van der Waals surface area contributed by atoms with Gasteiger partial charge in [0.25, 0.3) is 0 Å². The second kappa shape index (κ2) is 3.59. The molecule has 16 heavy (non-hydrogen) atoms. The third kappa shape index (κ3) is 1.36. The minimum atomic E-state index is 0.150. The quantitative estimate of drug-likeness (QED) is 0.788. The number of nitrogens with zero attached hydrogens (tertiary/aromatic N) is 2. The molecule has 1 aliphatic rings. The van der Waals surface area contributed by atoms with E-state index in [0.29, 0.717) is 0 Å². The van der Waals surface area contributed by atoms with E-state index in [1.54, 1.807) is 24.5 Å². The topological polar surface area (TPSA) is 46.0 Å². The van der Waals surface area contributed by atoms with Crippen LogP contribution in [0.2, 0.25) is 0 Å². The highest BCUT2D eigenvalue weighted by Gasteiger charge is 2.27. The van der Waals surface area contributed by atoms with Crippen molar-refractivity contribution in [3.05, 3.63) is 53.6 Å². The summed E-state index contributed by atoms with van der Waals surface area (Å²) in [6.45, 7) is 0. The summed E-state index contributed by atoms with van der Waals surface area (Å²) in [4.78, 5) is 8.68. The number of aromatic nitrogens is 2. The van der Waals surface area contributed by atoms with Crippen molar-refractivity contribution in [1.29, 1.82) is 0 Å². The van der Waals surface area contributed by atoms with E-state index in [9.17, 15) is 5.11 Å². The van der Waals surface area contributed by atoms with Crippen LogP contribution in [0.3, 0.4) is 0 Å². The lowest BCUT2D eigenvalue weighted by atomic mass is 10.0. The van der Waals surface area contributed by atoms with Gasteiger partial charge in [-0.2, -0.15) is 0 Å². The molecule has 1 N–H and O–H groups in total. The van der Waals surface area contributed by atoms with E-state index < -0.39 is 0 Å². The molecule has 0 fully saturated rings. The summed E-state index contributed by atoms with van der Waals surface area (Å²) >= 11 is 0. The first kappa shape index (κ1) is 9.33. The van der Waals surface area contributed by atoms with Crippen LogP contribution in [0.1, 0.15) is 29.3 Å². The Morgan fingerprint density at radius 1 is 1.06 bits per heavy atom. The zero-order valence-electron chi connectivity index (χ0n) is 8.80. The van der Waals surface area contributed by atoms with Gasteiger partial charge in [-0.05, 0) is 36.6 Å². The minimum Gasteiger partial charge on any atom is -0.506 e. The molecule has 3 heteroatoms. The number of rotatable bonds is 1. The number of hydrogen-bond donors (Lipinski definition) is 1. The molecule has 0 spiro atoms. The number of hydrogen-bond acceptors (Lipinski definition) is 3. The van der Waals surface area contributed by atoms with E-state index in [1.165, 1.54) is 5.56 Å². The van der Waals surface area contributed by atoms with Gasteiger partial charge in [0.05, 0.1) is 11.4 Å². The maximum Gasteiger partial charge on any atom is 0.137 e. The molecule has 2 aromatic heterocycles. The van der Waals surface area contributed by atoms with Gasteiger partial charge in [-0.25, -0.2) is 0 Å². The van der Waals surface area contributed by atoms with E-state index in [-0.39, 0.29) is 11.7 Å². The molecule has 1 atom stereocenters. The van der Waals surface area contributed by atoms with Crippen molar-refractivity contribution in [2.24, 2.45) is 0 Å². The third-order valence-electron chi connectivity index (χ3n) is 3.10. The highest BCUT2D eigenvalue weighted by molar-refractivity contribution is 5.40. The first-order valence-corrected chi connectivity index (χ1v) is 5.44. The summed E-state index contributed by atoms with van der Waals surface area (Å²) < 4.78 is 0. The second-order valence-corrected chi connectivity index (χ2v) is 4.05. The Bertz CT molecular complexity index is 525. The van der Waals surface area contributed by atoms with E-state index in [1.807, 2.05) is 6.07 Å². The van der Waals surface area contributed by atoms with Crippen LogP contribution in [-0.4, -0.2) is 15.1 Å². The maximum atomic E-state index is 9.81. The predicted octanol–water partition coefficient (Wildman–Crippen LogP) is 2.26. The third-order valence-corrected chi connectivity index (χ3v) is 3.10. The fourth-order valence-electron chi connectivity index (χ4n) is 2.36. The molecule has 0 bridgehead atoms. The Morgan fingerprint density at radius 3 is 2.62 bits per heavy atom. The summed E-state index contributed by atoms with van der Waals surface area (Å²) in [5.41, 5.74) is 3.09. The number of pyridine rings is 2. The van der Waals surface area contributed by atoms with Gasteiger partial charge in [-0.15, -0.1) is 0 Å². The largest absolute Gasteiger partial charge is 0.506 e. The highest BCUT2D eigenvalue weighted by atomic mass is 16.3. The highest BCUT2D eigenvalue weighted by Crippen LogP contribution is 2.38. The van der Waals surface area contributed by atoms with Gasteiger partial charge in [-0.1, -0.05) is 6.07 Å². The van der Waals surface area contributed by atoms with Crippen LogP contribution in [0.4, 0.5) is 0 Å². The Labute approximate surface area is 93.8 Å². The zero-order chi connectivity index (χ0) is 11.0. The van der Waals surface area contributed by atoms with Crippen LogP contribution in [-0.2, 0) is 6.42 Å². The van der Waals surface area contributed by atoms with E-state index in [4.69, 9.17) is 0 Å². The van der Waals surface area contributed by atoms with Crippen LogP contribution < -0.4 is 0 Å². The lowest BCUT2D eigenvalue weighted by molar-refractivity contribution is 0.459. The molecule has 2 aromatic rings. The molecular formula is C13H12N2O. The van der Waals surface area contributed by atoms with Crippen molar-refractivity contribution in [1.82, 2.24) is 9.97 Å². The molecule has 2 heterocycles. The van der Waals surface area contributed by atoms with Gasteiger partial charge >= 0.3 is 0 Å². The van der Waals surface area contributed by atoms with Crippen molar-refractivity contribution in [2.75, 3.05) is 0 Å². The maximum absolute atomic E-state index is 9.81. The van der Waals surface area contributed by atoms with Crippen molar-refractivity contribution >= 4 is 0 Å². The van der Waals surface area contributed by atoms with Crippen molar-refractivity contribution in [2.45, 2.75) is 18.8 Å². The first-order chi connectivity index (χ1) is 7.86. The molecule has 0 aliphatic heterocycles. The molecule has 3 rings (SSSR count). The van der Waals surface area contributed by atoms with Crippen molar-refractivity contribution in [3.8, 4) is 5.75 Å². The fourth-order valence-corrected chi connectivity index (χ4v) is 2.36. The van der Waals surface area contributed by atoms with Crippen LogP contribution in [0.5, 0.6) is 5.75 Å². The van der Waals surface area contributed by atoms with Crippen LogP contribution >= 0.6 is 0 Å².